The van der Waals surface area contributed by atoms with Gasteiger partial charge in [-0.05, 0) is 39.5 Å². The van der Waals surface area contributed by atoms with Crippen LogP contribution in [0.15, 0.2) is 0 Å². The highest BCUT2D eigenvalue weighted by molar-refractivity contribution is 7.53. The van der Waals surface area contributed by atoms with Gasteiger partial charge >= 0.3 is 13.6 Å². The molecule has 0 aromatic rings. The van der Waals surface area contributed by atoms with Crippen LogP contribution in [0.3, 0.4) is 0 Å². The molecular weight excluding hydrogens is 271 g/mol. The first-order valence-corrected chi connectivity index (χ1v) is 8.46. The number of ether oxygens (including phenoxy) is 1. The lowest BCUT2D eigenvalue weighted by atomic mass is 9.87. The van der Waals surface area contributed by atoms with Crippen molar-refractivity contribution in [3.8, 4) is 0 Å². The van der Waals surface area contributed by atoms with Gasteiger partial charge in [0.05, 0.1) is 25.2 Å². The van der Waals surface area contributed by atoms with E-state index in [9.17, 15) is 9.36 Å². The number of hydrogen-bond acceptors (Lipinski definition) is 5. The van der Waals surface area contributed by atoms with Gasteiger partial charge in [-0.3, -0.25) is 9.36 Å². The van der Waals surface area contributed by atoms with Crippen molar-refractivity contribution in [3.63, 3.8) is 0 Å². The van der Waals surface area contributed by atoms with Gasteiger partial charge in [-0.25, -0.2) is 0 Å². The molecule has 112 valence electrons. The highest BCUT2D eigenvalue weighted by Crippen LogP contribution is 2.48. The van der Waals surface area contributed by atoms with Crippen LogP contribution >= 0.6 is 7.60 Å². The van der Waals surface area contributed by atoms with E-state index in [0.717, 1.165) is 0 Å². The second-order valence-corrected chi connectivity index (χ2v) is 6.55. The first-order valence-electron chi connectivity index (χ1n) is 6.73. The summed E-state index contributed by atoms with van der Waals surface area (Å²) in [5.41, 5.74) is 0. The molecule has 0 amide bonds. The van der Waals surface area contributed by atoms with Crippen LogP contribution < -0.4 is 0 Å². The summed E-state index contributed by atoms with van der Waals surface area (Å²) in [6.07, 6.45) is 2.45. The van der Waals surface area contributed by atoms with Crippen LogP contribution in [0.25, 0.3) is 0 Å². The second kappa shape index (κ2) is 8.00. The molecule has 6 nitrogen and oxygen atoms in total. The van der Waals surface area contributed by atoms with Gasteiger partial charge < -0.3 is 18.9 Å². The minimum atomic E-state index is -3.16. The summed E-state index contributed by atoms with van der Waals surface area (Å²) in [6.45, 7) is 4.13. The quantitative estimate of drug-likeness (QED) is 0.693. The highest BCUT2D eigenvalue weighted by atomic mass is 31.2. The van der Waals surface area contributed by atoms with E-state index in [0.29, 0.717) is 38.9 Å². The molecule has 1 fully saturated rings. The van der Waals surface area contributed by atoms with Gasteiger partial charge in [0, 0.05) is 0 Å². The molecule has 0 bridgehead atoms. The fraction of sp³-hybridized carbons (Fsp3) is 0.917. The fourth-order valence-electron chi connectivity index (χ4n) is 2.18. The third-order valence-corrected chi connectivity index (χ3v) is 4.91. The second-order valence-electron chi connectivity index (χ2n) is 4.55. The molecule has 0 aliphatic heterocycles. The van der Waals surface area contributed by atoms with Crippen LogP contribution in [0.5, 0.6) is 0 Å². The summed E-state index contributed by atoms with van der Waals surface area (Å²) in [5, 5.41) is 8.90. The van der Waals surface area contributed by atoms with Crippen LogP contribution in [-0.2, 0) is 23.1 Å². The van der Waals surface area contributed by atoms with E-state index >= 15 is 0 Å². The van der Waals surface area contributed by atoms with Crippen molar-refractivity contribution in [2.45, 2.75) is 45.6 Å². The van der Waals surface area contributed by atoms with E-state index in [1.807, 2.05) is 0 Å². The van der Waals surface area contributed by atoms with Crippen molar-refractivity contribution in [2.24, 2.45) is 5.92 Å². The zero-order valence-corrected chi connectivity index (χ0v) is 12.4. The molecule has 0 atom stereocenters. The van der Waals surface area contributed by atoms with Gasteiger partial charge in [0.25, 0.3) is 0 Å². The number of carbonyl (C=O) groups is 1. The number of hydrogen-bond donors (Lipinski definition) is 1. The fourth-order valence-corrected chi connectivity index (χ4v) is 3.58. The van der Waals surface area contributed by atoms with Crippen molar-refractivity contribution in [1.29, 1.82) is 0 Å². The molecule has 0 radical (unpaired) electrons. The molecule has 1 aliphatic carbocycles. The molecule has 1 N–H and O–H groups in total. The van der Waals surface area contributed by atoms with Crippen LogP contribution in [-0.4, -0.2) is 36.7 Å². The van der Waals surface area contributed by atoms with Crippen LogP contribution in [0, 0.1) is 5.92 Å². The topological polar surface area (TPSA) is 82.1 Å². The summed E-state index contributed by atoms with van der Waals surface area (Å²) in [4.78, 5) is 10.8. The molecule has 19 heavy (non-hydrogen) atoms. The van der Waals surface area contributed by atoms with Gasteiger partial charge in [0.15, 0.2) is 0 Å². The molecule has 1 rings (SSSR count). The lowest BCUT2D eigenvalue weighted by Crippen LogP contribution is -2.26. The van der Waals surface area contributed by atoms with E-state index in [1.165, 1.54) is 0 Å². The molecule has 0 aromatic heterocycles. The Morgan fingerprint density at radius 1 is 1.16 bits per heavy atom. The Kier molecular flexibility index (Phi) is 7.00. The Balaban J connectivity index is 2.36. The Labute approximate surface area is 114 Å². The Bertz CT molecular complexity index is 314. The maximum absolute atomic E-state index is 12.2. The van der Waals surface area contributed by atoms with Crippen molar-refractivity contribution in [1.82, 2.24) is 0 Å². The number of carboxylic acid groups (broad SMARTS) is 1. The highest BCUT2D eigenvalue weighted by Gasteiger charge is 2.30. The Hall–Kier alpha value is -0.420. The van der Waals surface area contributed by atoms with Crippen molar-refractivity contribution in [3.05, 3.63) is 0 Å². The van der Waals surface area contributed by atoms with Gasteiger partial charge in [0.2, 0.25) is 0 Å². The first-order chi connectivity index (χ1) is 9.00. The zero-order chi connectivity index (χ0) is 14.3. The van der Waals surface area contributed by atoms with Crippen molar-refractivity contribution < 1.29 is 28.3 Å². The molecule has 0 heterocycles. The first kappa shape index (κ1) is 16.6. The average Bonchev–Trinajstić information content (AvgIpc) is 2.37. The predicted molar refractivity (Wildman–Crippen MR) is 70.2 cm³/mol. The molecule has 0 aromatic carbocycles. The smallest absolute Gasteiger partial charge is 0.356 e. The van der Waals surface area contributed by atoms with E-state index in [1.54, 1.807) is 13.8 Å². The molecule has 0 saturated heterocycles. The summed E-state index contributed by atoms with van der Waals surface area (Å²) in [5.74, 6) is -1.02. The standard InChI is InChI=1S/C12H23O6P/c1-3-17-19(15,18-4-2)9-16-11-7-5-10(6-8-11)12(13)14/h10-11H,3-9H2,1-2H3,(H,13,14). The van der Waals surface area contributed by atoms with E-state index in [4.69, 9.17) is 18.9 Å². The minimum absolute atomic E-state index is 0.0511. The average molecular weight is 294 g/mol. The summed E-state index contributed by atoms with van der Waals surface area (Å²) in [7, 11) is -3.16. The van der Waals surface area contributed by atoms with Gasteiger partial charge in [0.1, 0.15) is 6.35 Å². The Morgan fingerprint density at radius 3 is 2.11 bits per heavy atom. The third kappa shape index (κ3) is 5.61. The molecule has 0 unspecified atom stereocenters. The van der Waals surface area contributed by atoms with Crippen LogP contribution in [0.4, 0.5) is 0 Å². The maximum Gasteiger partial charge on any atom is 0.356 e. The molecule has 1 aliphatic rings. The number of carboxylic acids is 1. The number of rotatable bonds is 8. The predicted octanol–water partition coefficient (Wildman–Crippen LogP) is 2.87. The van der Waals surface area contributed by atoms with Gasteiger partial charge in [-0.15, -0.1) is 0 Å². The van der Waals surface area contributed by atoms with Crippen LogP contribution in [0.2, 0.25) is 0 Å². The largest absolute Gasteiger partial charge is 0.481 e. The monoisotopic (exact) mass is 294 g/mol. The molecule has 7 heteroatoms. The van der Waals surface area contributed by atoms with Crippen molar-refractivity contribution in [2.75, 3.05) is 19.6 Å². The zero-order valence-electron chi connectivity index (χ0n) is 11.5. The molecule has 0 spiro atoms. The van der Waals surface area contributed by atoms with Gasteiger partial charge in [-0.2, -0.15) is 0 Å². The summed E-state index contributed by atoms with van der Waals surface area (Å²) in [6, 6.07) is 0. The Morgan fingerprint density at radius 2 is 1.68 bits per heavy atom. The minimum Gasteiger partial charge on any atom is -0.481 e. The van der Waals surface area contributed by atoms with Gasteiger partial charge in [-0.1, -0.05) is 0 Å². The van der Waals surface area contributed by atoms with E-state index < -0.39 is 13.6 Å². The lowest BCUT2D eigenvalue weighted by Gasteiger charge is -2.27. The van der Waals surface area contributed by atoms with Crippen LogP contribution in [0.1, 0.15) is 39.5 Å². The third-order valence-electron chi connectivity index (χ3n) is 3.14. The SMILES string of the molecule is CCOP(=O)(COC1CCC(C(=O)O)CC1)OCC. The van der Waals surface area contributed by atoms with E-state index in [2.05, 4.69) is 0 Å². The summed E-state index contributed by atoms with van der Waals surface area (Å²) < 4.78 is 28.0. The summed E-state index contributed by atoms with van der Waals surface area (Å²) >= 11 is 0. The normalized spacial score (nSPS) is 24.3. The van der Waals surface area contributed by atoms with Crippen molar-refractivity contribution >= 4 is 13.6 Å². The number of aliphatic carboxylic acids is 1. The molecular formula is C12H23O6P. The maximum atomic E-state index is 12.2. The molecule has 1 saturated carbocycles. The van der Waals surface area contributed by atoms with E-state index in [-0.39, 0.29) is 18.4 Å². The lowest BCUT2D eigenvalue weighted by molar-refractivity contribution is -0.143.